The van der Waals surface area contributed by atoms with E-state index < -0.39 is 0 Å². The first kappa shape index (κ1) is 11.7. The number of anilines is 1. The summed E-state index contributed by atoms with van der Waals surface area (Å²) < 4.78 is 5.03. The smallest absolute Gasteiger partial charge is 0.335 e. The Kier molecular flexibility index (Phi) is 3.81. The predicted octanol–water partition coefficient (Wildman–Crippen LogP) is 2.73. The molecule has 0 fully saturated rings. The molecule has 0 atom stereocenters. The minimum atomic E-state index is -0.187. The summed E-state index contributed by atoms with van der Waals surface area (Å²) in [6, 6.07) is 10.1. The third kappa shape index (κ3) is 2.87. The molecule has 0 unspecified atom stereocenters. The van der Waals surface area contributed by atoms with E-state index in [-0.39, 0.29) is 5.97 Å². The van der Waals surface area contributed by atoms with E-state index in [1.54, 1.807) is 0 Å². The molecule has 1 aliphatic heterocycles. The molecular weight excluding hydrogens is 214 g/mol. The Morgan fingerprint density at radius 1 is 1.35 bits per heavy atom. The van der Waals surface area contributed by atoms with Gasteiger partial charge in [-0.3, -0.25) is 0 Å². The predicted molar refractivity (Wildman–Crippen MR) is 67.7 cm³/mol. The Bertz CT molecular complexity index is 411. The Hall–Kier alpha value is -1.77. The largest absolute Gasteiger partial charge is 0.463 e. The molecule has 0 bridgehead atoms. The van der Waals surface area contributed by atoms with Crippen LogP contribution in [0.15, 0.2) is 42.1 Å². The zero-order valence-corrected chi connectivity index (χ0v) is 10.1. The zero-order valence-electron chi connectivity index (χ0n) is 10.1. The minimum absolute atomic E-state index is 0.187. The average Bonchev–Trinajstić information content (AvgIpc) is 2.40. The second kappa shape index (κ2) is 5.53. The fraction of sp³-hybridized carbons (Fsp3) is 0.357. The molecule has 0 saturated carbocycles. The molecule has 1 heterocycles. The molecule has 90 valence electrons. The fourth-order valence-electron chi connectivity index (χ4n) is 1.96. The van der Waals surface area contributed by atoms with Crippen molar-refractivity contribution < 1.29 is 9.53 Å². The molecule has 0 aromatic heterocycles. The summed E-state index contributed by atoms with van der Waals surface area (Å²) in [5.74, 6) is -0.187. The maximum absolute atomic E-state index is 11.7. The lowest BCUT2D eigenvalue weighted by Gasteiger charge is -2.26. The number of rotatable bonds is 3. The monoisotopic (exact) mass is 231 g/mol. The van der Waals surface area contributed by atoms with E-state index >= 15 is 0 Å². The highest BCUT2D eigenvalue weighted by Crippen LogP contribution is 2.22. The quantitative estimate of drug-likeness (QED) is 0.749. The first-order valence-electron chi connectivity index (χ1n) is 6.00. The third-order valence-electron chi connectivity index (χ3n) is 2.78. The van der Waals surface area contributed by atoms with Crippen molar-refractivity contribution in [1.82, 2.24) is 0 Å². The first-order valence-corrected chi connectivity index (χ1v) is 6.00. The van der Waals surface area contributed by atoms with Crippen LogP contribution in [-0.2, 0) is 9.53 Å². The van der Waals surface area contributed by atoms with Crippen molar-refractivity contribution >= 4 is 11.7 Å². The Balaban J connectivity index is 2.15. The Labute approximate surface area is 102 Å². The van der Waals surface area contributed by atoms with Crippen LogP contribution in [0.1, 0.15) is 19.8 Å². The maximum Gasteiger partial charge on any atom is 0.335 e. The van der Waals surface area contributed by atoms with Crippen LogP contribution in [0, 0.1) is 0 Å². The SMILES string of the molecule is CCOC(=O)C1=CN(c2ccccc2)CCC1. The molecule has 17 heavy (non-hydrogen) atoms. The van der Waals surface area contributed by atoms with Crippen molar-refractivity contribution in [2.75, 3.05) is 18.1 Å². The number of hydrogen-bond donors (Lipinski definition) is 0. The van der Waals surface area contributed by atoms with Crippen LogP contribution in [0.4, 0.5) is 5.69 Å². The van der Waals surface area contributed by atoms with E-state index in [1.165, 1.54) is 0 Å². The van der Waals surface area contributed by atoms with Crippen LogP contribution in [0.2, 0.25) is 0 Å². The van der Waals surface area contributed by atoms with Crippen LogP contribution in [0.25, 0.3) is 0 Å². The number of para-hydroxylation sites is 1. The molecule has 0 aliphatic carbocycles. The Morgan fingerprint density at radius 3 is 2.82 bits per heavy atom. The second-order valence-corrected chi connectivity index (χ2v) is 4.01. The molecule has 2 rings (SSSR count). The van der Waals surface area contributed by atoms with Crippen molar-refractivity contribution in [2.45, 2.75) is 19.8 Å². The molecule has 1 aromatic rings. The van der Waals surface area contributed by atoms with E-state index in [9.17, 15) is 4.79 Å². The van der Waals surface area contributed by atoms with E-state index in [4.69, 9.17) is 4.74 Å². The number of hydrogen-bond acceptors (Lipinski definition) is 3. The van der Waals surface area contributed by atoms with Crippen LogP contribution in [-0.4, -0.2) is 19.1 Å². The molecule has 0 amide bonds. The van der Waals surface area contributed by atoms with Crippen molar-refractivity contribution in [3.8, 4) is 0 Å². The molecule has 3 heteroatoms. The summed E-state index contributed by atoms with van der Waals surface area (Å²) in [5, 5.41) is 0. The van der Waals surface area contributed by atoms with Crippen molar-refractivity contribution in [2.24, 2.45) is 0 Å². The van der Waals surface area contributed by atoms with Gasteiger partial charge in [0.25, 0.3) is 0 Å². The van der Waals surface area contributed by atoms with Gasteiger partial charge in [0.05, 0.1) is 12.2 Å². The summed E-state index contributed by atoms with van der Waals surface area (Å²) in [5.41, 5.74) is 1.89. The van der Waals surface area contributed by atoms with E-state index in [0.717, 1.165) is 30.6 Å². The van der Waals surface area contributed by atoms with Crippen molar-refractivity contribution in [1.29, 1.82) is 0 Å². The van der Waals surface area contributed by atoms with Gasteiger partial charge in [-0.1, -0.05) is 18.2 Å². The molecular formula is C14H17NO2. The van der Waals surface area contributed by atoms with Gasteiger partial charge in [0.15, 0.2) is 0 Å². The zero-order chi connectivity index (χ0) is 12.1. The normalized spacial score (nSPS) is 15.4. The number of ether oxygens (including phenoxy) is 1. The van der Waals surface area contributed by atoms with Gasteiger partial charge in [-0.2, -0.15) is 0 Å². The highest BCUT2D eigenvalue weighted by Gasteiger charge is 2.17. The molecule has 1 aromatic carbocycles. The van der Waals surface area contributed by atoms with Gasteiger partial charge in [-0.15, -0.1) is 0 Å². The van der Waals surface area contributed by atoms with E-state index in [1.807, 2.05) is 43.5 Å². The Morgan fingerprint density at radius 2 is 2.12 bits per heavy atom. The molecule has 0 saturated heterocycles. The first-order chi connectivity index (χ1) is 8.31. The van der Waals surface area contributed by atoms with Gasteiger partial charge in [0.2, 0.25) is 0 Å². The average molecular weight is 231 g/mol. The van der Waals surface area contributed by atoms with Gasteiger partial charge < -0.3 is 9.64 Å². The van der Waals surface area contributed by atoms with Gasteiger partial charge in [-0.25, -0.2) is 4.79 Å². The molecule has 0 spiro atoms. The number of nitrogens with zero attached hydrogens (tertiary/aromatic N) is 1. The van der Waals surface area contributed by atoms with Crippen LogP contribution >= 0.6 is 0 Å². The maximum atomic E-state index is 11.7. The summed E-state index contributed by atoms with van der Waals surface area (Å²) in [6.45, 7) is 3.21. The number of benzene rings is 1. The third-order valence-corrected chi connectivity index (χ3v) is 2.78. The van der Waals surface area contributed by atoms with Gasteiger partial charge in [0, 0.05) is 18.4 Å². The van der Waals surface area contributed by atoms with Gasteiger partial charge in [-0.05, 0) is 31.9 Å². The highest BCUT2D eigenvalue weighted by atomic mass is 16.5. The lowest BCUT2D eigenvalue weighted by Crippen LogP contribution is -2.25. The number of carbonyl (C=O) groups is 1. The number of carbonyl (C=O) groups excluding carboxylic acids is 1. The number of esters is 1. The minimum Gasteiger partial charge on any atom is -0.463 e. The van der Waals surface area contributed by atoms with Crippen LogP contribution in [0.5, 0.6) is 0 Å². The van der Waals surface area contributed by atoms with Crippen molar-refractivity contribution in [3.05, 3.63) is 42.1 Å². The summed E-state index contributed by atoms with van der Waals surface area (Å²) in [4.78, 5) is 13.8. The topological polar surface area (TPSA) is 29.5 Å². The van der Waals surface area contributed by atoms with E-state index in [2.05, 4.69) is 4.90 Å². The lowest BCUT2D eigenvalue weighted by atomic mass is 10.1. The van der Waals surface area contributed by atoms with Gasteiger partial charge in [0.1, 0.15) is 0 Å². The summed E-state index contributed by atoms with van der Waals surface area (Å²) in [6.07, 6.45) is 3.71. The summed E-state index contributed by atoms with van der Waals surface area (Å²) >= 11 is 0. The summed E-state index contributed by atoms with van der Waals surface area (Å²) in [7, 11) is 0. The second-order valence-electron chi connectivity index (χ2n) is 4.01. The van der Waals surface area contributed by atoms with E-state index in [0.29, 0.717) is 6.61 Å². The lowest BCUT2D eigenvalue weighted by molar-refractivity contribution is -0.138. The van der Waals surface area contributed by atoms with Crippen LogP contribution in [0.3, 0.4) is 0 Å². The van der Waals surface area contributed by atoms with Crippen LogP contribution < -0.4 is 4.90 Å². The highest BCUT2D eigenvalue weighted by molar-refractivity contribution is 5.89. The molecule has 0 radical (unpaired) electrons. The van der Waals surface area contributed by atoms with Gasteiger partial charge >= 0.3 is 5.97 Å². The van der Waals surface area contributed by atoms with Crippen molar-refractivity contribution in [3.63, 3.8) is 0 Å². The molecule has 1 aliphatic rings. The molecule has 0 N–H and O–H groups in total. The standard InChI is InChI=1S/C14H17NO2/c1-2-17-14(16)12-7-6-10-15(11-12)13-8-4-3-5-9-13/h3-5,8-9,11H,2,6-7,10H2,1H3. The molecule has 3 nitrogen and oxygen atoms in total. The fourth-order valence-corrected chi connectivity index (χ4v) is 1.96.